The largest absolute Gasteiger partial charge is 0.308 e. The molecule has 2 unspecified atom stereocenters. The van der Waals surface area contributed by atoms with Gasteiger partial charge in [-0.2, -0.15) is 0 Å². The fourth-order valence-corrected chi connectivity index (χ4v) is 3.28. The van der Waals surface area contributed by atoms with Crippen LogP contribution in [0.4, 0.5) is 0 Å². The molecule has 1 aliphatic carbocycles. The van der Waals surface area contributed by atoms with Gasteiger partial charge in [0.25, 0.3) is 0 Å². The lowest BCUT2D eigenvalue weighted by atomic mass is 10.2. The van der Waals surface area contributed by atoms with Crippen LogP contribution < -0.4 is 5.32 Å². The summed E-state index contributed by atoms with van der Waals surface area (Å²) in [5.74, 6) is 0. The lowest BCUT2D eigenvalue weighted by molar-refractivity contribution is 0.325. The monoisotopic (exact) mass is 230 g/mol. The molecule has 0 radical (unpaired) electrons. The topological polar surface area (TPSA) is 15.3 Å². The molecule has 1 N–H and O–H groups in total. The summed E-state index contributed by atoms with van der Waals surface area (Å²) in [6, 6.07) is 1.40. The molecule has 2 nitrogen and oxygen atoms in total. The molecule has 1 heterocycles. The summed E-state index contributed by atoms with van der Waals surface area (Å²) in [4.78, 5) is 1.19. The minimum Gasteiger partial charge on any atom is -0.308 e. The number of hydrogen-bond donors (Lipinski definition) is 1. The van der Waals surface area contributed by atoms with E-state index in [0.717, 1.165) is 25.6 Å². The van der Waals surface area contributed by atoms with E-state index in [2.05, 4.69) is 19.4 Å². The third-order valence-corrected chi connectivity index (χ3v) is 4.23. The van der Waals surface area contributed by atoms with Gasteiger partial charge in [-0.15, -0.1) is 0 Å². The number of thiocarbonyl (C=S) groups is 1. The Morgan fingerprint density at radius 2 is 2.14 bits per heavy atom. The Morgan fingerprint density at radius 1 is 1.43 bits per heavy atom. The molecule has 1 saturated carbocycles. The Morgan fingerprint density at radius 3 is 2.71 bits per heavy atom. The molecule has 14 heavy (non-hydrogen) atoms. The van der Waals surface area contributed by atoms with Crippen LogP contribution in [0, 0.1) is 0 Å². The third-order valence-electron chi connectivity index (χ3n) is 3.29. The molecule has 2 atom stereocenters. The normalized spacial score (nSPS) is 29.3. The molecule has 0 bridgehead atoms. The van der Waals surface area contributed by atoms with Gasteiger partial charge in [-0.05, 0) is 19.3 Å². The maximum atomic E-state index is 5.20. The second kappa shape index (κ2) is 4.98. The van der Waals surface area contributed by atoms with E-state index in [9.17, 15) is 0 Å². The fraction of sp³-hybridized carbons (Fsp3) is 0.900. The van der Waals surface area contributed by atoms with Crippen molar-refractivity contribution in [2.75, 3.05) is 13.1 Å². The van der Waals surface area contributed by atoms with Gasteiger partial charge < -0.3 is 5.32 Å². The Bertz CT molecular complexity index is 216. The van der Waals surface area contributed by atoms with Gasteiger partial charge in [-0.1, -0.05) is 34.5 Å². The van der Waals surface area contributed by atoms with Crippen molar-refractivity contribution in [2.24, 2.45) is 0 Å². The Balaban J connectivity index is 1.76. The van der Waals surface area contributed by atoms with Crippen LogP contribution in [0.25, 0.3) is 0 Å². The summed E-state index contributed by atoms with van der Waals surface area (Å²) in [6.45, 7) is 2.08. The van der Waals surface area contributed by atoms with Crippen LogP contribution in [0.5, 0.6) is 0 Å². The standard InChI is InChI=1S/C10H19N2PS/c13-12(9-3-1-2-4-9)7-8-5-10(14)6-11-8/h8-9,11H,1-7,13H2. The van der Waals surface area contributed by atoms with Gasteiger partial charge in [0.1, 0.15) is 0 Å². The highest BCUT2D eigenvalue weighted by Crippen LogP contribution is 2.26. The second-order valence-electron chi connectivity index (χ2n) is 4.46. The van der Waals surface area contributed by atoms with Crippen LogP contribution >= 0.6 is 21.6 Å². The van der Waals surface area contributed by atoms with Crippen LogP contribution in [-0.2, 0) is 0 Å². The van der Waals surface area contributed by atoms with Crippen LogP contribution in [0.15, 0.2) is 0 Å². The number of nitrogens with one attached hydrogen (secondary N) is 1. The van der Waals surface area contributed by atoms with Crippen molar-refractivity contribution in [1.82, 2.24) is 9.99 Å². The van der Waals surface area contributed by atoms with Crippen molar-refractivity contribution >= 4 is 26.5 Å². The van der Waals surface area contributed by atoms with Crippen molar-refractivity contribution < 1.29 is 0 Å². The maximum Gasteiger partial charge on any atom is 0.0273 e. The zero-order valence-electron chi connectivity index (χ0n) is 8.54. The van der Waals surface area contributed by atoms with E-state index in [4.69, 9.17) is 12.2 Å². The molecular weight excluding hydrogens is 211 g/mol. The van der Waals surface area contributed by atoms with Crippen molar-refractivity contribution in [1.29, 1.82) is 0 Å². The van der Waals surface area contributed by atoms with E-state index in [0.29, 0.717) is 6.04 Å². The van der Waals surface area contributed by atoms with Crippen molar-refractivity contribution in [3.8, 4) is 0 Å². The average Bonchev–Trinajstić information content (AvgIpc) is 2.75. The van der Waals surface area contributed by atoms with E-state index < -0.39 is 0 Å². The summed E-state index contributed by atoms with van der Waals surface area (Å²) in [5, 5.41) is 3.46. The van der Waals surface area contributed by atoms with Crippen LogP contribution in [-0.4, -0.2) is 34.7 Å². The second-order valence-corrected chi connectivity index (χ2v) is 5.70. The molecule has 0 amide bonds. The quantitative estimate of drug-likeness (QED) is 0.587. The number of hydrogen-bond acceptors (Lipinski definition) is 3. The molecule has 0 aromatic carbocycles. The molecule has 1 saturated heterocycles. The van der Waals surface area contributed by atoms with Gasteiger partial charge in [0, 0.05) is 30.0 Å². The minimum absolute atomic E-state index is 0.598. The lowest BCUT2D eigenvalue weighted by Crippen LogP contribution is -2.36. The molecule has 2 rings (SSSR count). The molecule has 1 aliphatic heterocycles. The predicted molar refractivity (Wildman–Crippen MR) is 67.7 cm³/mol. The Labute approximate surface area is 94.1 Å². The van der Waals surface area contributed by atoms with Gasteiger partial charge >= 0.3 is 0 Å². The Hall–Kier alpha value is 0.440. The van der Waals surface area contributed by atoms with Crippen molar-refractivity contribution in [2.45, 2.75) is 44.2 Å². The third kappa shape index (κ3) is 2.73. The van der Waals surface area contributed by atoms with E-state index in [1.807, 2.05) is 0 Å². The maximum absolute atomic E-state index is 5.20. The highest BCUT2D eigenvalue weighted by Gasteiger charge is 2.25. The van der Waals surface area contributed by atoms with E-state index in [1.165, 1.54) is 30.5 Å². The molecule has 2 aliphatic rings. The van der Waals surface area contributed by atoms with Gasteiger partial charge in [0.05, 0.1) is 0 Å². The van der Waals surface area contributed by atoms with E-state index >= 15 is 0 Å². The van der Waals surface area contributed by atoms with Gasteiger partial charge in [-0.25, -0.2) is 0 Å². The summed E-state index contributed by atoms with van der Waals surface area (Å²) in [7, 11) is 2.89. The molecule has 0 aromatic heterocycles. The molecule has 2 fully saturated rings. The SMILES string of the molecule is PN(CC1CC(=S)CN1)C1CCCC1. The number of rotatable bonds is 3. The smallest absolute Gasteiger partial charge is 0.0273 e. The number of nitrogens with zero attached hydrogens (tertiary/aromatic N) is 1. The van der Waals surface area contributed by atoms with Crippen molar-refractivity contribution in [3.05, 3.63) is 0 Å². The first kappa shape index (κ1) is 10.9. The molecule has 0 aromatic rings. The first-order chi connectivity index (χ1) is 6.75. The highest BCUT2D eigenvalue weighted by atomic mass is 32.1. The van der Waals surface area contributed by atoms with Gasteiger partial charge in [0.15, 0.2) is 0 Å². The summed E-state index contributed by atoms with van der Waals surface area (Å²) < 4.78 is 2.44. The van der Waals surface area contributed by atoms with Gasteiger partial charge in [-0.3, -0.25) is 4.67 Å². The minimum atomic E-state index is 0.598. The van der Waals surface area contributed by atoms with Gasteiger partial charge in [0.2, 0.25) is 0 Å². The molecular formula is C10H19N2PS. The summed E-state index contributed by atoms with van der Waals surface area (Å²) in [5.41, 5.74) is 0. The first-order valence-electron chi connectivity index (χ1n) is 5.52. The molecule has 0 spiro atoms. The zero-order valence-corrected chi connectivity index (χ0v) is 10.5. The molecule has 80 valence electrons. The van der Waals surface area contributed by atoms with Crippen LogP contribution in [0.3, 0.4) is 0 Å². The predicted octanol–water partition coefficient (Wildman–Crippen LogP) is 1.75. The van der Waals surface area contributed by atoms with E-state index in [-0.39, 0.29) is 0 Å². The first-order valence-corrected chi connectivity index (χ1v) is 6.44. The highest BCUT2D eigenvalue weighted by molar-refractivity contribution is 7.80. The van der Waals surface area contributed by atoms with Crippen LogP contribution in [0.2, 0.25) is 0 Å². The van der Waals surface area contributed by atoms with E-state index in [1.54, 1.807) is 0 Å². The molecule has 4 heteroatoms. The summed E-state index contributed by atoms with van der Waals surface area (Å²) in [6.07, 6.45) is 6.66. The fourth-order valence-electron chi connectivity index (χ4n) is 2.45. The summed E-state index contributed by atoms with van der Waals surface area (Å²) >= 11 is 5.20. The Kier molecular flexibility index (Phi) is 3.89. The lowest BCUT2D eigenvalue weighted by Gasteiger charge is -2.26. The zero-order chi connectivity index (χ0) is 9.97. The van der Waals surface area contributed by atoms with Crippen molar-refractivity contribution in [3.63, 3.8) is 0 Å². The average molecular weight is 230 g/mol. The van der Waals surface area contributed by atoms with Crippen LogP contribution in [0.1, 0.15) is 32.1 Å².